The first-order valence-corrected chi connectivity index (χ1v) is 6.32. The SMILES string of the molecule is CCN(CC(C)CO)CC1CCCCN1. The summed E-state index contributed by atoms with van der Waals surface area (Å²) in [6.07, 6.45) is 4.00. The molecular formula is C12H26N2O. The van der Waals surface area contributed by atoms with Gasteiger partial charge in [-0.05, 0) is 31.8 Å². The summed E-state index contributed by atoms with van der Waals surface area (Å²) in [7, 11) is 0. The smallest absolute Gasteiger partial charge is 0.0468 e. The Morgan fingerprint density at radius 3 is 2.80 bits per heavy atom. The average Bonchev–Trinajstić information content (AvgIpc) is 2.29. The van der Waals surface area contributed by atoms with Crippen molar-refractivity contribution in [3.63, 3.8) is 0 Å². The summed E-state index contributed by atoms with van der Waals surface area (Å²) in [5, 5.41) is 12.6. The van der Waals surface area contributed by atoms with Crippen LogP contribution in [0, 0.1) is 5.92 Å². The second kappa shape index (κ2) is 7.20. The van der Waals surface area contributed by atoms with Crippen molar-refractivity contribution < 1.29 is 5.11 Å². The lowest BCUT2D eigenvalue weighted by Gasteiger charge is -2.31. The number of nitrogens with zero attached hydrogens (tertiary/aromatic N) is 1. The van der Waals surface area contributed by atoms with Crippen molar-refractivity contribution in [3.05, 3.63) is 0 Å². The quantitative estimate of drug-likeness (QED) is 0.694. The molecule has 1 heterocycles. The Morgan fingerprint density at radius 2 is 2.27 bits per heavy atom. The van der Waals surface area contributed by atoms with Crippen LogP contribution in [-0.4, -0.2) is 48.8 Å². The fourth-order valence-electron chi connectivity index (χ4n) is 2.22. The first-order chi connectivity index (χ1) is 7.26. The van der Waals surface area contributed by atoms with E-state index in [1.54, 1.807) is 0 Å². The summed E-state index contributed by atoms with van der Waals surface area (Å²) < 4.78 is 0. The third-order valence-corrected chi connectivity index (χ3v) is 3.22. The molecule has 15 heavy (non-hydrogen) atoms. The van der Waals surface area contributed by atoms with Crippen molar-refractivity contribution in [3.8, 4) is 0 Å². The summed E-state index contributed by atoms with van der Waals surface area (Å²) >= 11 is 0. The van der Waals surface area contributed by atoms with Gasteiger partial charge in [-0.15, -0.1) is 0 Å². The highest BCUT2D eigenvalue weighted by Crippen LogP contribution is 2.09. The zero-order chi connectivity index (χ0) is 11.1. The predicted octanol–water partition coefficient (Wildman–Crippen LogP) is 1.08. The molecule has 0 bridgehead atoms. The van der Waals surface area contributed by atoms with Crippen LogP contribution in [0.1, 0.15) is 33.1 Å². The molecule has 0 spiro atoms. The van der Waals surface area contributed by atoms with E-state index >= 15 is 0 Å². The Bertz CT molecular complexity index is 158. The first kappa shape index (κ1) is 12.9. The van der Waals surface area contributed by atoms with E-state index in [1.165, 1.54) is 25.8 Å². The van der Waals surface area contributed by atoms with Gasteiger partial charge in [0.05, 0.1) is 0 Å². The fraction of sp³-hybridized carbons (Fsp3) is 1.00. The molecule has 1 fully saturated rings. The van der Waals surface area contributed by atoms with Crippen LogP contribution in [0.5, 0.6) is 0 Å². The van der Waals surface area contributed by atoms with Crippen LogP contribution in [0.3, 0.4) is 0 Å². The molecule has 2 atom stereocenters. The number of hydrogen-bond acceptors (Lipinski definition) is 3. The Kier molecular flexibility index (Phi) is 6.22. The molecule has 0 radical (unpaired) electrons. The molecule has 1 rings (SSSR count). The molecule has 0 aromatic carbocycles. The normalized spacial score (nSPS) is 24.4. The maximum Gasteiger partial charge on any atom is 0.0468 e. The van der Waals surface area contributed by atoms with E-state index in [0.717, 1.165) is 19.6 Å². The van der Waals surface area contributed by atoms with Crippen LogP contribution >= 0.6 is 0 Å². The third-order valence-electron chi connectivity index (χ3n) is 3.22. The Morgan fingerprint density at radius 1 is 1.47 bits per heavy atom. The van der Waals surface area contributed by atoms with Crippen LogP contribution in [0.15, 0.2) is 0 Å². The lowest BCUT2D eigenvalue weighted by molar-refractivity contribution is 0.162. The van der Waals surface area contributed by atoms with Gasteiger partial charge in [-0.25, -0.2) is 0 Å². The second-order valence-corrected chi connectivity index (χ2v) is 4.79. The number of aliphatic hydroxyl groups is 1. The highest BCUT2D eigenvalue weighted by molar-refractivity contribution is 4.76. The molecule has 0 aromatic heterocycles. The fourth-order valence-corrected chi connectivity index (χ4v) is 2.22. The number of rotatable bonds is 6. The largest absolute Gasteiger partial charge is 0.396 e. The van der Waals surface area contributed by atoms with Crippen LogP contribution in [-0.2, 0) is 0 Å². The van der Waals surface area contributed by atoms with Gasteiger partial charge in [0.1, 0.15) is 0 Å². The van der Waals surface area contributed by atoms with Crippen molar-refractivity contribution >= 4 is 0 Å². The lowest BCUT2D eigenvalue weighted by atomic mass is 10.0. The van der Waals surface area contributed by atoms with Crippen LogP contribution in [0.4, 0.5) is 0 Å². The minimum Gasteiger partial charge on any atom is -0.396 e. The zero-order valence-corrected chi connectivity index (χ0v) is 10.2. The lowest BCUT2D eigenvalue weighted by Crippen LogP contribution is -2.45. The molecule has 2 unspecified atom stereocenters. The average molecular weight is 214 g/mol. The molecule has 1 saturated heterocycles. The van der Waals surface area contributed by atoms with Gasteiger partial charge in [0.15, 0.2) is 0 Å². The number of piperidine rings is 1. The van der Waals surface area contributed by atoms with Crippen LogP contribution in [0.25, 0.3) is 0 Å². The van der Waals surface area contributed by atoms with Crippen LogP contribution in [0.2, 0.25) is 0 Å². The molecule has 3 heteroatoms. The zero-order valence-electron chi connectivity index (χ0n) is 10.2. The van der Waals surface area contributed by atoms with E-state index in [0.29, 0.717) is 18.6 Å². The molecule has 2 N–H and O–H groups in total. The highest BCUT2D eigenvalue weighted by Gasteiger charge is 2.16. The van der Waals surface area contributed by atoms with Gasteiger partial charge in [-0.3, -0.25) is 0 Å². The maximum atomic E-state index is 9.04. The monoisotopic (exact) mass is 214 g/mol. The summed E-state index contributed by atoms with van der Waals surface area (Å²) in [5.74, 6) is 0.397. The van der Waals surface area contributed by atoms with Gasteiger partial charge in [0.25, 0.3) is 0 Å². The molecule has 0 aliphatic carbocycles. The Hall–Kier alpha value is -0.120. The number of aliphatic hydroxyl groups excluding tert-OH is 1. The van der Waals surface area contributed by atoms with E-state index in [2.05, 4.69) is 24.1 Å². The molecule has 90 valence electrons. The van der Waals surface area contributed by atoms with Crippen molar-refractivity contribution in [2.75, 3.05) is 32.8 Å². The minimum absolute atomic E-state index is 0.300. The van der Waals surface area contributed by atoms with Crippen molar-refractivity contribution in [2.24, 2.45) is 5.92 Å². The molecule has 1 aliphatic rings. The molecule has 3 nitrogen and oxygen atoms in total. The van der Waals surface area contributed by atoms with Gasteiger partial charge in [0, 0.05) is 25.7 Å². The van der Waals surface area contributed by atoms with E-state index in [9.17, 15) is 0 Å². The van der Waals surface area contributed by atoms with Gasteiger partial charge in [0.2, 0.25) is 0 Å². The topological polar surface area (TPSA) is 35.5 Å². The highest BCUT2D eigenvalue weighted by atomic mass is 16.3. The van der Waals surface area contributed by atoms with Crippen LogP contribution < -0.4 is 5.32 Å². The molecule has 0 aromatic rings. The summed E-state index contributed by atoms with van der Waals surface area (Å²) in [6.45, 7) is 9.03. The van der Waals surface area contributed by atoms with Gasteiger partial charge >= 0.3 is 0 Å². The van der Waals surface area contributed by atoms with Gasteiger partial charge in [-0.1, -0.05) is 20.3 Å². The van der Waals surface area contributed by atoms with E-state index < -0.39 is 0 Å². The number of nitrogens with one attached hydrogen (secondary N) is 1. The summed E-state index contributed by atoms with van der Waals surface area (Å²) in [6, 6.07) is 0.671. The van der Waals surface area contributed by atoms with E-state index in [1.807, 2.05) is 0 Å². The second-order valence-electron chi connectivity index (χ2n) is 4.79. The van der Waals surface area contributed by atoms with Crippen molar-refractivity contribution in [1.29, 1.82) is 0 Å². The predicted molar refractivity (Wildman–Crippen MR) is 64.0 cm³/mol. The number of hydrogen-bond donors (Lipinski definition) is 2. The molecular weight excluding hydrogens is 188 g/mol. The van der Waals surface area contributed by atoms with E-state index in [-0.39, 0.29) is 0 Å². The number of likely N-dealkylation sites (N-methyl/N-ethyl adjacent to an activating group) is 1. The van der Waals surface area contributed by atoms with Crippen molar-refractivity contribution in [2.45, 2.75) is 39.2 Å². The first-order valence-electron chi connectivity index (χ1n) is 6.32. The maximum absolute atomic E-state index is 9.04. The molecule has 0 saturated carbocycles. The molecule has 0 amide bonds. The minimum atomic E-state index is 0.300. The Labute approximate surface area is 93.9 Å². The van der Waals surface area contributed by atoms with Gasteiger partial charge in [-0.2, -0.15) is 0 Å². The summed E-state index contributed by atoms with van der Waals surface area (Å²) in [5.41, 5.74) is 0. The third kappa shape index (κ3) is 4.96. The standard InChI is InChI=1S/C12H26N2O/c1-3-14(8-11(2)10-15)9-12-6-4-5-7-13-12/h11-13,15H,3-10H2,1-2H3. The molecule has 1 aliphatic heterocycles. The Balaban J connectivity index is 2.25. The van der Waals surface area contributed by atoms with Gasteiger partial charge < -0.3 is 15.3 Å². The van der Waals surface area contributed by atoms with E-state index in [4.69, 9.17) is 5.11 Å². The van der Waals surface area contributed by atoms with Crippen molar-refractivity contribution in [1.82, 2.24) is 10.2 Å². The summed E-state index contributed by atoms with van der Waals surface area (Å²) in [4.78, 5) is 2.45.